The molecule has 0 bridgehead atoms. The number of amides is 1. The maximum Gasteiger partial charge on any atom is 0.229 e. The third-order valence-corrected chi connectivity index (χ3v) is 5.42. The number of carbonyl (C=O) groups is 1. The largest absolute Gasteiger partial charge is 0.340 e. The SMILES string of the molecule is O=C(Nc1ccc(-c2nnnn2C2CC2)cc1)C1CCCN(c2ncccn2)C1. The summed E-state index contributed by atoms with van der Waals surface area (Å²) in [6.07, 6.45) is 7.51. The van der Waals surface area contributed by atoms with Crippen molar-refractivity contribution in [2.75, 3.05) is 23.3 Å². The first-order valence-electron chi connectivity index (χ1n) is 9.99. The molecule has 1 N–H and O–H groups in total. The Balaban J connectivity index is 1.24. The molecular weight excluding hydrogens is 368 g/mol. The van der Waals surface area contributed by atoms with Gasteiger partial charge in [-0.25, -0.2) is 14.6 Å². The van der Waals surface area contributed by atoms with E-state index in [0.717, 1.165) is 49.3 Å². The highest BCUT2D eigenvalue weighted by Gasteiger charge is 2.29. The minimum atomic E-state index is -0.0885. The Morgan fingerprint density at radius 1 is 1.07 bits per heavy atom. The number of rotatable bonds is 5. The van der Waals surface area contributed by atoms with Crippen molar-refractivity contribution in [3.8, 4) is 11.4 Å². The molecule has 5 rings (SSSR count). The van der Waals surface area contributed by atoms with Gasteiger partial charge in [0.1, 0.15) is 0 Å². The van der Waals surface area contributed by atoms with Crippen molar-refractivity contribution in [2.45, 2.75) is 31.7 Å². The normalized spacial score (nSPS) is 19.2. The number of nitrogens with one attached hydrogen (secondary N) is 1. The van der Waals surface area contributed by atoms with Crippen molar-refractivity contribution in [2.24, 2.45) is 5.92 Å². The van der Waals surface area contributed by atoms with Crippen LogP contribution in [0.15, 0.2) is 42.7 Å². The Labute approximate surface area is 168 Å². The van der Waals surface area contributed by atoms with Gasteiger partial charge in [-0.3, -0.25) is 4.79 Å². The molecule has 3 heterocycles. The summed E-state index contributed by atoms with van der Waals surface area (Å²) >= 11 is 0. The molecule has 2 aliphatic rings. The summed E-state index contributed by atoms with van der Waals surface area (Å²) in [5, 5.41) is 15.1. The lowest BCUT2D eigenvalue weighted by Crippen LogP contribution is -2.41. The molecule has 1 saturated carbocycles. The van der Waals surface area contributed by atoms with Crippen LogP contribution in [0.3, 0.4) is 0 Å². The van der Waals surface area contributed by atoms with E-state index in [0.29, 0.717) is 18.5 Å². The van der Waals surface area contributed by atoms with Gasteiger partial charge in [0, 0.05) is 36.7 Å². The summed E-state index contributed by atoms with van der Waals surface area (Å²) in [5.41, 5.74) is 1.72. The standard InChI is InChI=1S/C20H22N8O/c29-19(15-3-1-12-27(13-15)20-21-10-2-11-22-20)23-16-6-4-14(5-7-16)18-24-25-26-28(18)17-8-9-17/h2,4-7,10-11,15,17H,1,3,8-9,12-13H2,(H,23,29). The van der Waals surface area contributed by atoms with Crippen LogP contribution in [0.25, 0.3) is 11.4 Å². The molecular formula is C20H22N8O. The maximum atomic E-state index is 12.8. The van der Waals surface area contributed by atoms with Gasteiger partial charge in [0.05, 0.1) is 12.0 Å². The molecule has 9 heteroatoms. The van der Waals surface area contributed by atoms with Crippen LogP contribution in [-0.4, -0.2) is 49.2 Å². The minimum Gasteiger partial charge on any atom is -0.340 e. The molecule has 1 aromatic carbocycles. The number of piperidine rings is 1. The number of tetrazole rings is 1. The molecule has 1 atom stereocenters. The summed E-state index contributed by atoms with van der Waals surface area (Å²) < 4.78 is 1.88. The second-order valence-corrected chi connectivity index (χ2v) is 7.58. The predicted octanol–water partition coefficient (Wildman–Crippen LogP) is 2.32. The number of anilines is 2. The lowest BCUT2D eigenvalue weighted by Gasteiger charge is -2.31. The van der Waals surface area contributed by atoms with Crippen LogP contribution in [0.2, 0.25) is 0 Å². The molecule has 0 spiro atoms. The van der Waals surface area contributed by atoms with Crippen molar-refractivity contribution in [3.63, 3.8) is 0 Å². The molecule has 2 aromatic heterocycles. The second-order valence-electron chi connectivity index (χ2n) is 7.58. The highest BCUT2D eigenvalue weighted by Crippen LogP contribution is 2.36. The van der Waals surface area contributed by atoms with E-state index in [1.165, 1.54) is 0 Å². The topological polar surface area (TPSA) is 102 Å². The van der Waals surface area contributed by atoms with Crippen LogP contribution in [0.1, 0.15) is 31.7 Å². The van der Waals surface area contributed by atoms with Gasteiger partial charge in [-0.1, -0.05) is 0 Å². The van der Waals surface area contributed by atoms with Gasteiger partial charge in [0.2, 0.25) is 11.9 Å². The Morgan fingerprint density at radius 3 is 2.62 bits per heavy atom. The summed E-state index contributed by atoms with van der Waals surface area (Å²) in [5.74, 6) is 1.40. The average Bonchev–Trinajstić information content (AvgIpc) is 3.51. The first kappa shape index (κ1) is 17.7. The van der Waals surface area contributed by atoms with Gasteiger partial charge in [0.15, 0.2) is 5.82 Å². The van der Waals surface area contributed by atoms with E-state index in [2.05, 4.69) is 35.7 Å². The molecule has 1 saturated heterocycles. The van der Waals surface area contributed by atoms with Gasteiger partial charge in [-0.2, -0.15) is 0 Å². The van der Waals surface area contributed by atoms with E-state index in [1.807, 2.05) is 28.9 Å². The van der Waals surface area contributed by atoms with Crippen LogP contribution in [0.4, 0.5) is 11.6 Å². The lowest BCUT2D eigenvalue weighted by atomic mass is 9.97. The van der Waals surface area contributed by atoms with Crippen molar-refractivity contribution in [3.05, 3.63) is 42.7 Å². The summed E-state index contributed by atoms with van der Waals surface area (Å²) in [6.45, 7) is 1.50. The zero-order valence-electron chi connectivity index (χ0n) is 16.0. The Hall–Kier alpha value is -3.36. The number of aromatic nitrogens is 6. The zero-order chi connectivity index (χ0) is 19.6. The van der Waals surface area contributed by atoms with Gasteiger partial charge >= 0.3 is 0 Å². The highest BCUT2D eigenvalue weighted by molar-refractivity contribution is 5.93. The highest BCUT2D eigenvalue weighted by atomic mass is 16.1. The summed E-state index contributed by atoms with van der Waals surface area (Å²) in [4.78, 5) is 23.5. The lowest BCUT2D eigenvalue weighted by molar-refractivity contribution is -0.120. The second kappa shape index (κ2) is 7.57. The van der Waals surface area contributed by atoms with E-state index >= 15 is 0 Å². The van der Waals surface area contributed by atoms with Crippen molar-refractivity contribution in [1.29, 1.82) is 0 Å². The number of carbonyl (C=O) groups excluding carboxylic acids is 1. The van der Waals surface area contributed by atoms with E-state index in [1.54, 1.807) is 18.5 Å². The van der Waals surface area contributed by atoms with Crippen LogP contribution >= 0.6 is 0 Å². The van der Waals surface area contributed by atoms with Gasteiger partial charge < -0.3 is 10.2 Å². The number of nitrogens with zero attached hydrogens (tertiary/aromatic N) is 7. The summed E-state index contributed by atoms with van der Waals surface area (Å²) in [7, 11) is 0. The van der Waals surface area contributed by atoms with E-state index < -0.39 is 0 Å². The Morgan fingerprint density at radius 2 is 1.86 bits per heavy atom. The monoisotopic (exact) mass is 390 g/mol. The van der Waals surface area contributed by atoms with Gasteiger partial charge in [0.25, 0.3) is 0 Å². The fourth-order valence-electron chi connectivity index (χ4n) is 3.72. The first-order chi connectivity index (χ1) is 14.3. The van der Waals surface area contributed by atoms with Crippen molar-refractivity contribution < 1.29 is 4.79 Å². The van der Waals surface area contributed by atoms with Gasteiger partial charge in [-0.05, 0) is 66.4 Å². The zero-order valence-corrected chi connectivity index (χ0v) is 16.0. The summed E-state index contributed by atoms with van der Waals surface area (Å²) in [6, 6.07) is 9.92. The van der Waals surface area contributed by atoms with E-state index in [-0.39, 0.29) is 11.8 Å². The van der Waals surface area contributed by atoms with Crippen LogP contribution in [-0.2, 0) is 4.79 Å². The molecule has 29 heavy (non-hydrogen) atoms. The molecule has 148 valence electrons. The van der Waals surface area contributed by atoms with Crippen molar-refractivity contribution >= 4 is 17.5 Å². The predicted molar refractivity (Wildman–Crippen MR) is 107 cm³/mol. The fraction of sp³-hybridized carbons (Fsp3) is 0.400. The number of hydrogen-bond donors (Lipinski definition) is 1. The van der Waals surface area contributed by atoms with Crippen LogP contribution in [0.5, 0.6) is 0 Å². The number of benzene rings is 1. The average molecular weight is 390 g/mol. The van der Waals surface area contributed by atoms with Gasteiger partial charge in [-0.15, -0.1) is 5.10 Å². The third kappa shape index (κ3) is 3.80. The van der Waals surface area contributed by atoms with E-state index in [4.69, 9.17) is 0 Å². The van der Waals surface area contributed by atoms with Crippen LogP contribution in [0, 0.1) is 5.92 Å². The minimum absolute atomic E-state index is 0.0289. The third-order valence-electron chi connectivity index (χ3n) is 5.42. The fourth-order valence-corrected chi connectivity index (χ4v) is 3.72. The van der Waals surface area contributed by atoms with Crippen molar-refractivity contribution in [1.82, 2.24) is 30.2 Å². The molecule has 1 aliphatic heterocycles. The van der Waals surface area contributed by atoms with E-state index in [9.17, 15) is 4.79 Å². The first-order valence-corrected chi connectivity index (χ1v) is 9.99. The molecule has 0 radical (unpaired) electrons. The molecule has 1 unspecified atom stereocenters. The quantitative estimate of drug-likeness (QED) is 0.713. The molecule has 3 aromatic rings. The van der Waals surface area contributed by atoms with Crippen LogP contribution < -0.4 is 10.2 Å². The molecule has 1 amide bonds. The molecule has 1 aliphatic carbocycles. The smallest absolute Gasteiger partial charge is 0.229 e. The molecule has 9 nitrogen and oxygen atoms in total. The molecule has 2 fully saturated rings. The Bertz CT molecular complexity index is 983. The Kier molecular flexibility index (Phi) is 4.63. The maximum absolute atomic E-state index is 12.8. The number of hydrogen-bond acceptors (Lipinski definition) is 7.